The van der Waals surface area contributed by atoms with E-state index in [0.717, 1.165) is 13.0 Å². The second kappa shape index (κ2) is 6.71. The molecule has 0 bridgehead atoms. The third-order valence-corrected chi connectivity index (χ3v) is 1.97. The molecule has 0 aliphatic heterocycles. The number of ether oxygens (including phenoxy) is 1. The highest BCUT2D eigenvalue weighted by Crippen LogP contribution is 1.95. The number of nitrogens with one attached hydrogen (secondary N) is 1. The van der Waals surface area contributed by atoms with Crippen LogP contribution < -0.4 is 5.32 Å². The monoisotopic (exact) mass is 188 g/mol. The van der Waals surface area contributed by atoms with Crippen LogP contribution in [-0.2, 0) is 4.74 Å². The second-order valence-corrected chi connectivity index (χ2v) is 3.31. The van der Waals surface area contributed by atoms with E-state index in [2.05, 4.69) is 31.1 Å². The molecule has 1 amide bonds. The highest BCUT2D eigenvalue weighted by Gasteiger charge is 2.03. The van der Waals surface area contributed by atoms with Crippen molar-refractivity contribution in [3.63, 3.8) is 0 Å². The van der Waals surface area contributed by atoms with Crippen LogP contribution in [0.3, 0.4) is 0 Å². The number of rotatable bonds is 5. The van der Waals surface area contributed by atoms with Gasteiger partial charge in [0.15, 0.2) is 0 Å². The molecule has 0 aromatic carbocycles. The molecule has 1 N–H and O–H groups in total. The smallest absolute Gasteiger partial charge is 0.406 e. The van der Waals surface area contributed by atoms with Gasteiger partial charge in [-0.1, -0.05) is 0 Å². The van der Waals surface area contributed by atoms with Gasteiger partial charge in [-0.3, -0.25) is 0 Å². The van der Waals surface area contributed by atoms with Gasteiger partial charge in [0.05, 0.1) is 6.61 Å². The van der Waals surface area contributed by atoms with Gasteiger partial charge in [-0.25, -0.2) is 4.79 Å². The van der Waals surface area contributed by atoms with Crippen LogP contribution in [0.25, 0.3) is 0 Å². The van der Waals surface area contributed by atoms with Gasteiger partial charge in [0, 0.05) is 19.6 Å². The lowest BCUT2D eigenvalue weighted by molar-refractivity contribution is 0.140. The molecule has 0 spiro atoms. The summed E-state index contributed by atoms with van der Waals surface area (Å²) in [6.07, 6.45) is 0.523. The normalized spacial score (nSPS) is 10.6. The highest BCUT2D eigenvalue weighted by atomic mass is 16.5. The molecule has 0 atom stereocenters. The Balaban J connectivity index is 3.30. The fourth-order valence-corrected chi connectivity index (χ4v) is 0.809. The fraction of sp³-hybridized carbons (Fsp3) is 0.889. The summed E-state index contributed by atoms with van der Waals surface area (Å²) >= 11 is 0. The Morgan fingerprint density at radius 1 is 1.54 bits per heavy atom. The van der Waals surface area contributed by atoms with Gasteiger partial charge in [-0.2, -0.15) is 0 Å². The summed E-state index contributed by atoms with van der Waals surface area (Å²) < 4.78 is 4.84. The number of alkyl carbamates (subject to hydrolysis) is 1. The maximum Gasteiger partial charge on any atom is 0.406 e. The van der Waals surface area contributed by atoms with Crippen molar-refractivity contribution in [1.29, 1.82) is 0 Å². The first kappa shape index (κ1) is 12.2. The van der Waals surface area contributed by atoms with Crippen molar-refractivity contribution < 1.29 is 9.53 Å². The van der Waals surface area contributed by atoms with Crippen molar-refractivity contribution in [1.82, 2.24) is 10.2 Å². The molecule has 0 saturated carbocycles. The fourth-order valence-electron chi connectivity index (χ4n) is 0.809. The average molecular weight is 188 g/mol. The van der Waals surface area contributed by atoms with Crippen molar-refractivity contribution in [3.05, 3.63) is 0 Å². The molecule has 0 rings (SSSR count). The molecule has 0 fully saturated rings. The maximum absolute atomic E-state index is 10.6. The predicted molar refractivity (Wildman–Crippen MR) is 52.8 cm³/mol. The molecule has 0 aliphatic rings. The Morgan fingerprint density at radius 2 is 2.15 bits per heavy atom. The number of carbonyl (C=O) groups excluding carboxylic acids is 1. The van der Waals surface area contributed by atoms with Crippen molar-refractivity contribution in [2.75, 3.05) is 27.2 Å². The molecular weight excluding hydrogens is 168 g/mol. The molecule has 13 heavy (non-hydrogen) atoms. The summed E-state index contributed by atoms with van der Waals surface area (Å²) in [6, 6.07) is 0.542. The molecule has 4 heteroatoms. The number of nitrogens with zero attached hydrogens (tertiary/aromatic N) is 1. The first-order chi connectivity index (χ1) is 6.07. The van der Waals surface area contributed by atoms with Crippen LogP contribution in [0.1, 0.15) is 20.3 Å². The predicted octanol–water partition coefficient (Wildman–Crippen LogP) is 1.07. The number of hydrogen-bond acceptors (Lipinski definition) is 3. The van der Waals surface area contributed by atoms with E-state index in [1.54, 1.807) is 7.05 Å². The Hall–Kier alpha value is -0.770. The number of carbonyl (C=O) groups is 1. The van der Waals surface area contributed by atoms with E-state index in [9.17, 15) is 4.79 Å². The van der Waals surface area contributed by atoms with E-state index in [1.807, 2.05) is 0 Å². The Morgan fingerprint density at radius 3 is 2.62 bits per heavy atom. The second-order valence-electron chi connectivity index (χ2n) is 3.31. The minimum atomic E-state index is -0.354. The minimum Gasteiger partial charge on any atom is -0.450 e. The Kier molecular flexibility index (Phi) is 6.32. The summed E-state index contributed by atoms with van der Waals surface area (Å²) in [7, 11) is 3.62. The van der Waals surface area contributed by atoms with E-state index in [0.29, 0.717) is 12.6 Å². The van der Waals surface area contributed by atoms with E-state index in [1.165, 1.54) is 0 Å². The molecule has 0 heterocycles. The molecule has 0 aliphatic carbocycles. The first-order valence-corrected chi connectivity index (χ1v) is 4.62. The average Bonchev–Trinajstić information content (AvgIpc) is 2.11. The van der Waals surface area contributed by atoms with Crippen molar-refractivity contribution in [3.8, 4) is 0 Å². The van der Waals surface area contributed by atoms with E-state index < -0.39 is 0 Å². The molecule has 0 radical (unpaired) electrons. The molecule has 0 aromatic rings. The Bertz CT molecular complexity index is 149. The summed E-state index contributed by atoms with van der Waals surface area (Å²) in [6.45, 7) is 5.71. The van der Waals surface area contributed by atoms with Crippen LogP contribution in [0.4, 0.5) is 4.79 Å². The molecule has 0 unspecified atom stereocenters. The van der Waals surface area contributed by atoms with Crippen LogP contribution in [0.2, 0.25) is 0 Å². The SMILES string of the molecule is CNC(=O)OCCCN(C)C(C)C. The van der Waals surface area contributed by atoms with Crippen LogP contribution in [0, 0.1) is 0 Å². The Labute approximate surface area is 80.2 Å². The molecule has 0 aromatic heterocycles. The van der Waals surface area contributed by atoms with Gasteiger partial charge in [0.2, 0.25) is 0 Å². The van der Waals surface area contributed by atoms with Gasteiger partial charge in [0.1, 0.15) is 0 Å². The van der Waals surface area contributed by atoms with Gasteiger partial charge in [-0.05, 0) is 27.3 Å². The van der Waals surface area contributed by atoms with E-state index in [-0.39, 0.29) is 6.09 Å². The summed E-state index contributed by atoms with van der Waals surface area (Å²) in [5, 5.41) is 2.40. The molecule has 4 nitrogen and oxygen atoms in total. The van der Waals surface area contributed by atoms with Gasteiger partial charge in [0.25, 0.3) is 0 Å². The van der Waals surface area contributed by atoms with Crippen molar-refractivity contribution in [2.24, 2.45) is 0 Å². The van der Waals surface area contributed by atoms with Crippen molar-refractivity contribution >= 4 is 6.09 Å². The topological polar surface area (TPSA) is 41.6 Å². The third-order valence-electron chi connectivity index (χ3n) is 1.97. The van der Waals surface area contributed by atoms with Crippen LogP contribution >= 0.6 is 0 Å². The quantitative estimate of drug-likeness (QED) is 0.656. The van der Waals surface area contributed by atoms with E-state index in [4.69, 9.17) is 4.74 Å². The summed E-state index contributed by atoms with van der Waals surface area (Å²) in [4.78, 5) is 12.9. The van der Waals surface area contributed by atoms with Gasteiger partial charge < -0.3 is 15.0 Å². The molecular formula is C9H20N2O2. The van der Waals surface area contributed by atoms with Gasteiger partial charge >= 0.3 is 6.09 Å². The number of hydrogen-bond donors (Lipinski definition) is 1. The summed E-state index contributed by atoms with van der Waals surface area (Å²) in [5.41, 5.74) is 0. The van der Waals surface area contributed by atoms with Crippen molar-refractivity contribution in [2.45, 2.75) is 26.3 Å². The molecule has 78 valence electrons. The largest absolute Gasteiger partial charge is 0.450 e. The van der Waals surface area contributed by atoms with Crippen LogP contribution in [-0.4, -0.2) is 44.3 Å². The number of amides is 1. The van der Waals surface area contributed by atoms with Gasteiger partial charge in [-0.15, -0.1) is 0 Å². The zero-order valence-corrected chi connectivity index (χ0v) is 8.96. The highest BCUT2D eigenvalue weighted by molar-refractivity contribution is 5.66. The lowest BCUT2D eigenvalue weighted by atomic mass is 10.3. The first-order valence-electron chi connectivity index (χ1n) is 4.62. The zero-order chi connectivity index (χ0) is 10.3. The molecule has 0 saturated heterocycles. The van der Waals surface area contributed by atoms with E-state index >= 15 is 0 Å². The minimum absolute atomic E-state index is 0.354. The van der Waals surface area contributed by atoms with Crippen LogP contribution in [0.5, 0.6) is 0 Å². The van der Waals surface area contributed by atoms with Crippen LogP contribution in [0.15, 0.2) is 0 Å². The summed E-state index contributed by atoms with van der Waals surface area (Å²) in [5.74, 6) is 0. The standard InChI is InChI=1S/C9H20N2O2/c1-8(2)11(4)6-5-7-13-9(12)10-3/h8H,5-7H2,1-4H3,(H,10,12). The zero-order valence-electron chi connectivity index (χ0n) is 8.96. The lowest BCUT2D eigenvalue weighted by Gasteiger charge is -2.20. The maximum atomic E-state index is 10.6. The third kappa shape index (κ3) is 6.40. The lowest BCUT2D eigenvalue weighted by Crippen LogP contribution is -2.28.